The number of carbonyl (C=O) groups excluding carboxylic acids is 1. The van der Waals surface area contributed by atoms with E-state index in [9.17, 15) is 4.79 Å². The van der Waals surface area contributed by atoms with Gasteiger partial charge in [0.05, 0.1) is 7.11 Å². The molecule has 2 nitrogen and oxygen atoms in total. The summed E-state index contributed by atoms with van der Waals surface area (Å²) in [6.07, 6.45) is 3.28. The van der Waals surface area contributed by atoms with Gasteiger partial charge in [-0.15, -0.1) is 0 Å². The van der Waals surface area contributed by atoms with E-state index >= 15 is 0 Å². The summed E-state index contributed by atoms with van der Waals surface area (Å²) in [5.74, 6) is 0.238. The summed E-state index contributed by atoms with van der Waals surface area (Å²) >= 11 is 1.59. The second-order valence-electron chi connectivity index (χ2n) is 2.96. The number of ether oxygens (including phenoxy) is 1. The van der Waals surface area contributed by atoms with Crippen molar-refractivity contribution in [1.82, 2.24) is 0 Å². The molecule has 2 rings (SSSR count). The fourth-order valence-electron chi connectivity index (χ4n) is 1.39. The first kappa shape index (κ1) is 8.51. The van der Waals surface area contributed by atoms with Crippen LogP contribution in [0.5, 0.6) is 5.06 Å². The highest BCUT2D eigenvalue weighted by atomic mass is 32.1. The first-order valence-corrected chi connectivity index (χ1v) is 4.99. The van der Waals surface area contributed by atoms with Gasteiger partial charge in [0, 0.05) is 11.3 Å². The second kappa shape index (κ2) is 3.34. The van der Waals surface area contributed by atoms with Gasteiger partial charge in [-0.3, -0.25) is 4.79 Å². The van der Waals surface area contributed by atoms with Crippen LogP contribution in [-0.4, -0.2) is 12.9 Å². The van der Waals surface area contributed by atoms with Gasteiger partial charge < -0.3 is 4.74 Å². The molecule has 0 bridgehead atoms. The van der Waals surface area contributed by atoms with E-state index in [2.05, 4.69) is 0 Å². The summed E-state index contributed by atoms with van der Waals surface area (Å²) in [7, 11) is 1.66. The minimum Gasteiger partial charge on any atom is -0.487 e. The predicted molar refractivity (Wildman–Crippen MR) is 53.1 cm³/mol. The number of carbonyl (C=O) groups is 1. The van der Waals surface area contributed by atoms with Crippen LogP contribution in [0.25, 0.3) is 5.57 Å². The lowest BCUT2D eigenvalue weighted by Gasteiger charge is -1.94. The molecule has 0 aromatic carbocycles. The van der Waals surface area contributed by atoms with Crippen molar-refractivity contribution in [3.8, 4) is 5.06 Å². The average Bonchev–Trinajstić information content (AvgIpc) is 2.71. The third kappa shape index (κ3) is 1.65. The summed E-state index contributed by atoms with van der Waals surface area (Å²) in [5.41, 5.74) is 1.15. The number of rotatable bonds is 2. The topological polar surface area (TPSA) is 26.3 Å². The van der Waals surface area contributed by atoms with E-state index in [0.717, 1.165) is 21.9 Å². The molecule has 1 heterocycles. The molecule has 0 aliphatic heterocycles. The Morgan fingerprint density at radius 2 is 2.23 bits per heavy atom. The van der Waals surface area contributed by atoms with E-state index in [0.29, 0.717) is 6.42 Å². The Bertz CT molecular complexity index is 363. The molecule has 1 aromatic heterocycles. The predicted octanol–water partition coefficient (Wildman–Crippen LogP) is 2.50. The van der Waals surface area contributed by atoms with Gasteiger partial charge >= 0.3 is 0 Å². The Morgan fingerprint density at radius 1 is 1.38 bits per heavy atom. The number of hydrogen-bond acceptors (Lipinski definition) is 3. The zero-order valence-corrected chi connectivity index (χ0v) is 8.19. The van der Waals surface area contributed by atoms with Crippen molar-refractivity contribution in [3.05, 3.63) is 23.1 Å². The zero-order valence-electron chi connectivity index (χ0n) is 7.37. The van der Waals surface area contributed by atoms with Crippen LogP contribution in [0.4, 0.5) is 0 Å². The van der Waals surface area contributed by atoms with Crippen molar-refractivity contribution in [2.24, 2.45) is 0 Å². The third-order valence-corrected chi connectivity index (χ3v) is 3.20. The minimum atomic E-state index is 0.238. The number of ketones is 1. The SMILES string of the molecule is COc1ccc(C2=CC(=O)CC2)s1. The monoisotopic (exact) mass is 194 g/mol. The third-order valence-electron chi connectivity index (χ3n) is 2.07. The van der Waals surface area contributed by atoms with Crippen LogP contribution in [0, 0.1) is 0 Å². The molecule has 13 heavy (non-hydrogen) atoms. The lowest BCUT2D eigenvalue weighted by Crippen LogP contribution is -1.80. The van der Waals surface area contributed by atoms with E-state index in [1.54, 1.807) is 24.5 Å². The first-order chi connectivity index (χ1) is 6.29. The first-order valence-electron chi connectivity index (χ1n) is 4.17. The molecular weight excluding hydrogens is 184 g/mol. The highest BCUT2D eigenvalue weighted by Crippen LogP contribution is 2.34. The molecule has 0 atom stereocenters. The highest BCUT2D eigenvalue weighted by molar-refractivity contribution is 7.14. The summed E-state index contributed by atoms with van der Waals surface area (Å²) in [5, 5.41) is 0.898. The number of methoxy groups -OCH3 is 1. The van der Waals surface area contributed by atoms with Gasteiger partial charge in [0.1, 0.15) is 0 Å². The molecule has 68 valence electrons. The molecule has 0 fully saturated rings. The quantitative estimate of drug-likeness (QED) is 0.723. The smallest absolute Gasteiger partial charge is 0.173 e. The average molecular weight is 194 g/mol. The fourth-order valence-corrected chi connectivity index (χ4v) is 2.26. The summed E-state index contributed by atoms with van der Waals surface area (Å²) in [6, 6.07) is 3.94. The van der Waals surface area contributed by atoms with E-state index in [-0.39, 0.29) is 5.78 Å². The van der Waals surface area contributed by atoms with Gasteiger partial charge in [-0.05, 0) is 30.2 Å². The highest BCUT2D eigenvalue weighted by Gasteiger charge is 2.14. The van der Waals surface area contributed by atoms with Crippen molar-refractivity contribution in [2.75, 3.05) is 7.11 Å². The molecule has 0 spiro atoms. The van der Waals surface area contributed by atoms with Crippen LogP contribution < -0.4 is 4.74 Å². The summed E-state index contributed by atoms with van der Waals surface area (Å²) in [6.45, 7) is 0. The summed E-state index contributed by atoms with van der Waals surface area (Å²) in [4.78, 5) is 12.2. The van der Waals surface area contributed by atoms with Crippen LogP contribution in [0.15, 0.2) is 18.2 Å². The van der Waals surface area contributed by atoms with E-state index in [4.69, 9.17) is 4.74 Å². The molecular formula is C10H10O2S. The summed E-state index contributed by atoms with van der Waals surface area (Å²) < 4.78 is 5.09. The van der Waals surface area contributed by atoms with E-state index in [1.165, 1.54) is 0 Å². The van der Waals surface area contributed by atoms with Gasteiger partial charge in [0.2, 0.25) is 0 Å². The minimum absolute atomic E-state index is 0.238. The standard InChI is InChI=1S/C10H10O2S/c1-12-10-5-4-9(13-10)7-2-3-8(11)6-7/h4-6H,2-3H2,1H3. The van der Waals surface area contributed by atoms with Gasteiger partial charge in [0.25, 0.3) is 0 Å². The number of allylic oxidation sites excluding steroid dienone is 2. The molecule has 3 heteroatoms. The van der Waals surface area contributed by atoms with Gasteiger partial charge in [-0.2, -0.15) is 0 Å². The van der Waals surface area contributed by atoms with Crippen LogP contribution >= 0.6 is 11.3 Å². The maximum atomic E-state index is 11.0. The Kier molecular flexibility index (Phi) is 2.19. The van der Waals surface area contributed by atoms with E-state index in [1.807, 2.05) is 12.1 Å². The van der Waals surface area contributed by atoms with Crippen LogP contribution in [0.1, 0.15) is 17.7 Å². The lowest BCUT2D eigenvalue weighted by molar-refractivity contribution is -0.114. The Balaban J connectivity index is 2.26. The molecule has 0 radical (unpaired) electrons. The van der Waals surface area contributed by atoms with Crippen LogP contribution in [0.3, 0.4) is 0 Å². The Morgan fingerprint density at radius 3 is 2.77 bits per heavy atom. The molecule has 0 saturated heterocycles. The van der Waals surface area contributed by atoms with Crippen molar-refractivity contribution < 1.29 is 9.53 Å². The maximum absolute atomic E-state index is 11.0. The van der Waals surface area contributed by atoms with Crippen LogP contribution in [0.2, 0.25) is 0 Å². The largest absolute Gasteiger partial charge is 0.487 e. The van der Waals surface area contributed by atoms with Crippen LogP contribution in [-0.2, 0) is 4.79 Å². The Labute approximate surface area is 80.8 Å². The van der Waals surface area contributed by atoms with Crippen molar-refractivity contribution >= 4 is 22.7 Å². The normalized spacial score (nSPS) is 16.1. The molecule has 0 amide bonds. The maximum Gasteiger partial charge on any atom is 0.173 e. The van der Waals surface area contributed by atoms with Crippen molar-refractivity contribution in [2.45, 2.75) is 12.8 Å². The van der Waals surface area contributed by atoms with E-state index < -0.39 is 0 Å². The van der Waals surface area contributed by atoms with Crippen molar-refractivity contribution in [3.63, 3.8) is 0 Å². The molecule has 1 aliphatic rings. The molecule has 1 aromatic rings. The lowest BCUT2D eigenvalue weighted by atomic mass is 10.2. The van der Waals surface area contributed by atoms with Gasteiger partial charge in [0.15, 0.2) is 10.8 Å². The molecule has 1 aliphatic carbocycles. The van der Waals surface area contributed by atoms with Gasteiger partial charge in [-0.1, -0.05) is 11.3 Å². The number of hydrogen-bond donors (Lipinski definition) is 0. The molecule has 0 saturated carbocycles. The van der Waals surface area contributed by atoms with Gasteiger partial charge in [-0.25, -0.2) is 0 Å². The fraction of sp³-hybridized carbons (Fsp3) is 0.300. The van der Waals surface area contributed by atoms with Crippen molar-refractivity contribution in [1.29, 1.82) is 0 Å². The zero-order chi connectivity index (χ0) is 9.26. The number of thiophene rings is 1. The second-order valence-corrected chi connectivity index (χ2v) is 4.01. The Hall–Kier alpha value is -1.09. The molecule has 0 unspecified atom stereocenters. The molecule has 0 N–H and O–H groups in total.